The first-order valence-corrected chi connectivity index (χ1v) is 5.84. The predicted molar refractivity (Wildman–Crippen MR) is 64.8 cm³/mol. The fourth-order valence-corrected chi connectivity index (χ4v) is 2.18. The van der Waals surface area contributed by atoms with Crippen molar-refractivity contribution >= 4 is 17.0 Å². The maximum absolute atomic E-state index is 9.66. The summed E-state index contributed by atoms with van der Waals surface area (Å²) in [5.41, 5.74) is 1.46. The van der Waals surface area contributed by atoms with E-state index in [9.17, 15) is 5.11 Å². The van der Waals surface area contributed by atoms with Crippen molar-refractivity contribution in [3.05, 3.63) is 24.5 Å². The van der Waals surface area contributed by atoms with Gasteiger partial charge in [0.1, 0.15) is 11.3 Å². The summed E-state index contributed by atoms with van der Waals surface area (Å²) in [6, 6.07) is 3.86. The van der Waals surface area contributed by atoms with Crippen LogP contribution in [0, 0.1) is 0 Å². The number of hydrogen-bond donors (Lipinski definition) is 1. The molecule has 1 aliphatic heterocycles. The number of piperidine rings is 1. The largest absolute Gasteiger partial charge is 0.391 e. The lowest BCUT2D eigenvalue weighted by atomic mass is 10.1. The number of anilines is 1. The zero-order chi connectivity index (χ0) is 11.7. The summed E-state index contributed by atoms with van der Waals surface area (Å²) in [5.74, 6) is 0.872. The molecular formula is C12H14N4O. The van der Waals surface area contributed by atoms with Crippen LogP contribution < -0.4 is 4.90 Å². The lowest BCUT2D eigenvalue weighted by Gasteiger charge is -2.30. The van der Waals surface area contributed by atoms with Gasteiger partial charge in [-0.25, -0.2) is 9.97 Å². The molecule has 17 heavy (non-hydrogen) atoms. The van der Waals surface area contributed by atoms with Gasteiger partial charge in [-0.05, 0) is 25.0 Å². The van der Waals surface area contributed by atoms with Crippen LogP contribution in [-0.2, 0) is 0 Å². The average Bonchev–Trinajstić information content (AvgIpc) is 2.38. The molecule has 1 aliphatic rings. The second-order valence-corrected chi connectivity index (χ2v) is 4.31. The SMILES string of the molecule is O[C@H]1CCCN(c2ccc3nccnc3n2)C1. The molecule has 1 fully saturated rings. The molecule has 0 unspecified atom stereocenters. The van der Waals surface area contributed by atoms with Crippen LogP contribution in [0.15, 0.2) is 24.5 Å². The number of aliphatic hydroxyl groups excluding tert-OH is 1. The standard InChI is InChI=1S/C12H14N4O/c17-9-2-1-7-16(8-9)11-4-3-10-12(15-11)14-6-5-13-10/h3-6,9,17H,1-2,7-8H2/t9-/m0/s1. The number of nitrogens with zero attached hydrogens (tertiary/aromatic N) is 4. The van der Waals surface area contributed by atoms with Crippen molar-refractivity contribution in [3.8, 4) is 0 Å². The monoisotopic (exact) mass is 230 g/mol. The van der Waals surface area contributed by atoms with Gasteiger partial charge in [0.2, 0.25) is 0 Å². The summed E-state index contributed by atoms with van der Waals surface area (Å²) in [6.07, 6.45) is 4.94. The minimum atomic E-state index is -0.247. The molecule has 3 rings (SSSR count). The van der Waals surface area contributed by atoms with E-state index in [0.29, 0.717) is 12.2 Å². The highest BCUT2D eigenvalue weighted by Crippen LogP contribution is 2.19. The Morgan fingerprint density at radius 2 is 2.12 bits per heavy atom. The number of aromatic nitrogens is 3. The van der Waals surface area contributed by atoms with Gasteiger partial charge in [-0.3, -0.25) is 4.98 Å². The normalized spacial score (nSPS) is 20.8. The van der Waals surface area contributed by atoms with Gasteiger partial charge < -0.3 is 10.0 Å². The first-order valence-electron chi connectivity index (χ1n) is 5.84. The number of aliphatic hydroxyl groups is 1. The van der Waals surface area contributed by atoms with Crippen molar-refractivity contribution in [2.24, 2.45) is 0 Å². The molecule has 1 N–H and O–H groups in total. The fourth-order valence-electron chi connectivity index (χ4n) is 2.18. The zero-order valence-electron chi connectivity index (χ0n) is 9.45. The van der Waals surface area contributed by atoms with Crippen molar-refractivity contribution in [1.82, 2.24) is 15.0 Å². The highest BCUT2D eigenvalue weighted by atomic mass is 16.3. The summed E-state index contributed by atoms with van der Waals surface area (Å²) in [5, 5.41) is 9.66. The molecule has 0 spiro atoms. The Kier molecular flexibility index (Phi) is 2.60. The van der Waals surface area contributed by atoms with Crippen molar-refractivity contribution in [2.75, 3.05) is 18.0 Å². The average molecular weight is 230 g/mol. The molecule has 88 valence electrons. The number of β-amino-alcohol motifs (C(OH)–C–C–N with tert-alkyl or cyclic N) is 1. The Hall–Kier alpha value is -1.75. The van der Waals surface area contributed by atoms with Crippen LogP contribution >= 0.6 is 0 Å². The highest BCUT2D eigenvalue weighted by Gasteiger charge is 2.18. The molecule has 0 aromatic carbocycles. The molecule has 0 amide bonds. The Bertz CT molecular complexity index is 531. The summed E-state index contributed by atoms with van der Waals surface area (Å²) >= 11 is 0. The topological polar surface area (TPSA) is 62.1 Å². The number of hydrogen-bond acceptors (Lipinski definition) is 5. The molecule has 2 aromatic heterocycles. The van der Waals surface area contributed by atoms with Crippen LogP contribution in [0.3, 0.4) is 0 Å². The second-order valence-electron chi connectivity index (χ2n) is 4.31. The Morgan fingerprint density at radius 3 is 3.00 bits per heavy atom. The zero-order valence-corrected chi connectivity index (χ0v) is 9.45. The minimum Gasteiger partial charge on any atom is -0.391 e. The van der Waals surface area contributed by atoms with Gasteiger partial charge in [0.05, 0.1) is 6.10 Å². The minimum absolute atomic E-state index is 0.247. The van der Waals surface area contributed by atoms with Gasteiger partial charge in [0.15, 0.2) is 5.65 Å². The maximum Gasteiger partial charge on any atom is 0.180 e. The maximum atomic E-state index is 9.66. The summed E-state index contributed by atoms with van der Waals surface area (Å²) in [6.45, 7) is 1.59. The van der Waals surface area contributed by atoms with Gasteiger partial charge in [-0.15, -0.1) is 0 Å². The van der Waals surface area contributed by atoms with Gasteiger partial charge in [0.25, 0.3) is 0 Å². The fraction of sp³-hybridized carbons (Fsp3) is 0.417. The number of fused-ring (bicyclic) bond motifs is 1. The first kappa shape index (κ1) is 10.4. The van der Waals surface area contributed by atoms with Crippen LogP contribution in [0.5, 0.6) is 0 Å². The van der Waals surface area contributed by atoms with Gasteiger partial charge in [-0.1, -0.05) is 0 Å². The Labute approximate surface area is 99.1 Å². The molecule has 0 bridgehead atoms. The van der Waals surface area contributed by atoms with E-state index in [2.05, 4.69) is 19.9 Å². The van der Waals surface area contributed by atoms with Crippen LogP contribution in [0.1, 0.15) is 12.8 Å². The third-order valence-electron chi connectivity index (χ3n) is 3.04. The molecule has 5 heteroatoms. The van der Waals surface area contributed by atoms with E-state index >= 15 is 0 Å². The summed E-state index contributed by atoms with van der Waals surface area (Å²) in [7, 11) is 0. The van der Waals surface area contributed by atoms with E-state index in [1.165, 1.54) is 0 Å². The molecule has 1 atom stereocenters. The molecule has 0 aliphatic carbocycles. The van der Waals surface area contributed by atoms with Crippen molar-refractivity contribution in [1.29, 1.82) is 0 Å². The lowest BCUT2D eigenvalue weighted by molar-refractivity contribution is 0.154. The van der Waals surface area contributed by atoms with Crippen LogP contribution in [-0.4, -0.2) is 39.3 Å². The highest BCUT2D eigenvalue weighted by molar-refractivity contribution is 5.71. The van der Waals surface area contributed by atoms with Crippen LogP contribution in [0.25, 0.3) is 11.2 Å². The number of rotatable bonds is 1. The van der Waals surface area contributed by atoms with Crippen LogP contribution in [0.2, 0.25) is 0 Å². The van der Waals surface area contributed by atoms with Crippen molar-refractivity contribution in [3.63, 3.8) is 0 Å². The van der Waals surface area contributed by atoms with E-state index < -0.39 is 0 Å². The lowest BCUT2D eigenvalue weighted by Crippen LogP contribution is -2.38. The molecule has 0 radical (unpaired) electrons. The number of pyridine rings is 1. The van der Waals surface area contributed by atoms with Crippen molar-refractivity contribution < 1.29 is 5.11 Å². The smallest absolute Gasteiger partial charge is 0.180 e. The molecule has 3 heterocycles. The van der Waals surface area contributed by atoms with E-state index in [0.717, 1.165) is 30.7 Å². The van der Waals surface area contributed by atoms with E-state index in [1.807, 2.05) is 12.1 Å². The van der Waals surface area contributed by atoms with Crippen LogP contribution in [0.4, 0.5) is 5.82 Å². The van der Waals surface area contributed by atoms with E-state index in [4.69, 9.17) is 0 Å². The quantitative estimate of drug-likeness (QED) is 0.791. The van der Waals surface area contributed by atoms with E-state index in [1.54, 1.807) is 12.4 Å². The van der Waals surface area contributed by atoms with Gasteiger partial charge in [-0.2, -0.15) is 0 Å². The van der Waals surface area contributed by atoms with Gasteiger partial charge >= 0.3 is 0 Å². The van der Waals surface area contributed by atoms with Crippen molar-refractivity contribution in [2.45, 2.75) is 18.9 Å². The van der Waals surface area contributed by atoms with E-state index in [-0.39, 0.29) is 6.10 Å². The molecule has 5 nitrogen and oxygen atoms in total. The Balaban J connectivity index is 1.94. The predicted octanol–water partition coefficient (Wildman–Crippen LogP) is 0.986. The summed E-state index contributed by atoms with van der Waals surface area (Å²) < 4.78 is 0. The third-order valence-corrected chi connectivity index (χ3v) is 3.04. The molecule has 0 saturated carbocycles. The second kappa shape index (κ2) is 4.25. The molecular weight excluding hydrogens is 216 g/mol. The molecule has 2 aromatic rings. The van der Waals surface area contributed by atoms with Gasteiger partial charge in [0, 0.05) is 25.5 Å². The third kappa shape index (κ3) is 2.06. The molecule has 1 saturated heterocycles. The summed E-state index contributed by atoms with van der Waals surface area (Å²) in [4.78, 5) is 15.0. The first-order chi connectivity index (χ1) is 8.33. The Morgan fingerprint density at radius 1 is 1.24 bits per heavy atom.